The molecule has 0 aromatic heterocycles. The molecule has 5 heteroatoms. The van der Waals surface area contributed by atoms with Crippen molar-refractivity contribution < 1.29 is 9.53 Å². The number of ether oxygens (including phenoxy) is 1. The zero-order valence-electron chi connectivity index (χ0n) is 8.10. The number of carbonyl (C=O) groups excluding carboxylic acids is 1. The molecule has 82 valence electrons. The van der Waals surface area contributed by atoms with Crippen molar-refractivity contribution in [3.8, 4) is 0 Å². The van der Waals surface area contributed by atoms with Gasteiger partial charge in [0.25, 0.3) is 0 Å². The lowest BCUT2D eigenvalue weighted by atomic mass is 10.1. The summed E-state index contributed by atoms with van der Waals surface area (Å²) in [7, 11) is 0. The maximum Gasteiger partial charge on any atom is 0.306 e. The Morgan fingerprint density at radius 2 is 2.07 bits per heavy atom. The topological polar surface area (TPSA) is 26.3 Å². The molecule has 0 aliphatic carbocycles. The standard InChI is InChI=1S/C9H13Cl3O2/c1-3-14-8(13)6-7(2)4-5-9(10,11)12/h4-5,7H,3,6H2,1-2H3/b5-4+. The van der Waals surface area contributed by atoms with E-state index in [9.17, 15) is 4.79 Å². The third-order valence-electron chi connectivity index (χ3n) is 1.41. The van der Waals surface area contributed by atoms with Gasteiger partial charge in [-0.1, -0.05) is 47.8 Å². The molecule has 0 aromatic rings. The maximum atomic E-state index is 11.0. The van der Waals surface area contributed by atoms with Gasteiger partial charge in [0.1, 0.15) is 0 Å². The summed E-state index contributed by atoms with van der Waals surface area (Å²) in [6, 6.07) is 0. The molecule has 1 atom stereocenters. The fraction of sp³-hybridized carbons (Fsp3) is 0.667. The Labute approximate surface area is 99.2 Å². The van der Waals surface area contributed by atoms with E-state index in [1.54, 1.807) is 13.0 Å². The van der Waals surface area contributed by atoms with Crippen LogP contribution in [0.3, 0.4) is 0 Å². The first-order chi connectivity index (χ1) is 6.35. The molecule has 0 amide bonds. The number of esters is 1. The van der Waals surface area contributed by atoms with Crippen LogP contribution in [0.1, 0.15) is 20.3 Å². The summed E-state index contributed by atoms with van der Waals surface area (Å²) in [6.07, 6.45) is 3.41. The van der Waals surface area contributed by atoms with E-state index >= 15 is 0 Å². The molecule has 0 rings (SSSR count). The normalized spacial score (nSPS) is 14.4. The maximum absolute atomic E-state index is 11.0. The van der Waals surface area contributed by atoms with E-state index in [0.717, 1.165) is 0 Å². The highest BCUT2D eigenvalue weighted by molar-refractivity contribution is 6.68. The Hall–Kier alpha value is 0.0800. The van der Waals surface area contributed by atoms with Crippen molar-refractivity contribution in [3.63, 3.8) is 0 Å². The first-order valence-electron chi connectivity index (χ1n) is 4.27. The molecule has 0 aliphatic heterocycles. The van der Waals surface area contributed by atoms with Gasteiger partial charge < -0.3 is 4.74 Å². The minimum atomic E-state index is -1.40. The second-order valence-corrected chi connectivity index (χ2v) is 5.26. The molecule has 0 fully saturated rings. The highest BCUT2D eigenvalue weighted by Gasteiger charge is 2.15. The van der Waals surface area contributed by atoms with Crippen molar-refractivity contribution in [2.45, 2.75) is 24.1 Å². The molecule has 0 aromatic carbocycles. The van der Waals surface area contributed by atoms with Crippen molar-refractivity contribution in [2.24, 2.45) is 5.92 Å². The monoisotopic (exact) mass is 258 g/mol. The fourth-order valence-electron chi connectivity index (χ4n) is 0.824. The summed E-state index contributed by atoms with van der Waals surface area (Å²) in [4.78, 5) is 11.0. The van der Waals surface area contributed by atoms with E-state index in [-0.39, 0.29) is 11.9 Å². The van der Waals surface area contributed by atoms with Crippen LogP contribution in [0.4, 0.5) is 0 Å². The first-order valence-corrected chi connectivity index (χ1v) is 5.40. The average Bonchev–Trinajstić information content (AvgIpc) is 2.00. The molecule has 0 radical (unpaired) electrons. The fourth-order valence-corrected chi connectivity index (χ4v) is 1.04. The second kappa shape index (κ2) is 6.54. The van der Waals surface area contributed by atoms with E-state index in [0.29, 0.717) is 13.0 Å². The molecular formula is C9H13Cl3O2. The zero-order valence-corrected chi connectivity index (χ0v) is 10.4. The minimum Gasteiger partial charge on any atom is -0.466 e. The van der Waals surface area contributed by atoms with Gasteiger partial charge in [0.15, 0.2) is 0 Å². The summed E-state index contributed by atoms with van der Waals surface area (Å²) in [6.45, 7) is 4.00. The van der Waals surface area contributed by atoms with Gasteiger partial charge in [0, 0.05) is 0 Å². The van der Waals surface area contributed by atoms with E-state index < -0.39 is 3.79 Å². The SMILES string of the molecule is CCOC(=O)CC(C)/C=C/C(Cl)(Cl)Cl. The molecule has 14 heavy (non-hydrogen) atoms. The lowest BCUT2D eigenvalue weighted by Crippen LogP contribution is -2.08. The van der Waals surface area contributed by atoms with Crippen LogP contribution >= 0.6 is 34.8 Å². The molecule has 1 unspecified atom stereocenters. The van der Waals surface area contributed by atoms with Gasteiger partial charge in [0.05, 0.1) is 13.0 Å². The molecule has 0 heterocycles. The van der Waals surface area contributed by atoms with Crippen molar-refractivity contribution >= 4 is 40.8 Å². The third-order valence-corrected chi connectivity index (χ3v) is 1.79. The molecule has 0 spiro atoms. The Kier molecular flexibility index (Phi) is 6.58. The quantitative estimate of drug-likeness (QED) is 0.439. The lowest BCUT2D eigenvalue weighted by Gasteiger charge is -2.07. The molecule has 0 bridgehead atoms. The number of alkyl halides is 3. The van der Waals surface area contributed by atoms with Gasteiger partial charge in [-0.25, -0.2) is 0 Å². The largest absolute Gasteiger partial charge is 0.466 e. The van der Waals surface area contributed by atoms with Gasteiger partial charge in [-0.3, -0.25) is 4.79 Å². The number of halogens is 3. The van der Waals surface area contributed by atoms with Crippen LogP contribution < -0.4 is 0 Å². The summed E-state index contributed by atoms with van der Waals surface area (Å²) in [5.41, 5.74) is 0. The third kappa shape index (κ3) is 8.67. The van der Waals surface area contributed by atoms with Crippen molar-refractivity contribution in [3.05, 3.63) is 12.2 Å². The van der Waals surface area contributed by atoms with Crippen LogP contribution in [-0.4, -0.2) is 16.4 Å². The minimum absolute atomic E-state index is 0.00433. The summed E-state index contributed by atoms with van der Waals surface area (Å²) in [5.74, 6) is -0.237. The average molecular weight is 260 g/mol. The van der Waals surface area contributed by atoms with Crippen molar-refractivity contribution in [1.29, 1.82) is 0 Å². The molecule has 0 saturated carbocycles. The predicted octanol–water partition coefficient (Wildman–Crippen LogP) is 3.50. The second-order valence-electron chi connectivity index (χ2n) is 2.89. The predicted molar refractivity (Wildman–Crippen MR) is 59.8 cm³/mol. The number of hydrogen-bond acceptors (Lipinski definition) is 2. The Morgan fingerprint density at radius 3 is 2.50 bits per heavy atom. The van der Waals surface area contributed by atoms with Gasteiger partial charge >= 0.3 is 5.97 Å². The highest BCUT2D eigenvalue weighted by atomic mass is 35.6. The lowest BCUT2D eigenvalue weighted by molar-refractivity contribution is -0.143. The molecule has 2 nitrogen and oxygen atoms in total. The van der Waals surface area contributed by atoms with Gasteiger partial charge in [-0.05, 0) is 18.9 Å². The molecule has 0 saturated heterocycles. The number of allylic oxidation sites excluding steroid dienone is 2. The van der Waals surface area contributed by atoms with Gasteiger partial charge in [-0.2, -0.15) is 0 Å². The van der Waals surface area contributed by atoms with E-state index in [1.807, 2.05) is 6.92 Å². The summed E-state index contributed by atoms with van der Waals surface area (Å²) >= 11 is 16.5. The van der Waals surface area contributed by atoms with E-state index in [4.69, 9.17) is 39.5 Å². The van der Waals surface area contributed by atoms with Gasteiger partial charge in [-0.15, -0.1) is 0 Å². The van der Waals surface area contributed by atoms with Crippen LogP contribution in [0.25, 0.3) is 0 Å². The number of rotatable bonds is 4. The van der Waals surface area contributed by atoms with Crippen LogP contribution in [0.2, 0.25) is 0 Å². The summed E-state index contributed by atoms with van der Waals surface area (Å²) < 4.78 is 3.37. The van der Waals surface area contributed by atoms with Gasteiger partial charge in [0.2, 0.25) is 3.79 Å². The molecule has 0 aliphatic rings. The number of carbonyl (C=O) groups is 1. The van der Waals surface area contributed by atoms with Crippen molar-refractivity contribution in [2.75, 3.05) is 6.61 Å². The van der Waals surface area contributed by atoms with E-state index in [1.165, 1.54) is 6.08 Å². The van der Waals surface area contributed by atoms with E-state index in [2.05, 4.69) is 0 Å². The van der Waals surface area contributed by atoms with Crippen LogP contribution in [-0.2, 0) is 9.53 Å². The molecule has 0 N–H and O–H groups in total. The molecular weight excluding hydrogens is 246 g/mol. The Balaban J connectivity index is 3.92. The Morgan fingerprint density at radius 1 is 1.50 bits per heavy atom. The van der Waals surface area contributed by atoms with Crippen LogP contribution in [0, 0.1) is 5.92 Å². The zero-order chi connectivity index (χ0) is 11.2. The highest BCUT2D eigenvalue weighted by Crippen LogP contribution is 2.28. The smallest absolute Gasteiger partial charge is 0.306 e. The number of hydrogen-bond donors (Lipinski definition) is 0. The van der Waals surface area contributed by atoms with Crippen molar-refractivity contribution in [1.82, 2.24) is 0 Å². The summed E-state index contributed by atoms with van der Waals surface area (Å²) in [5, 5.41) is 0. The van der Waals surface area contributed by atoms with Crippen LogP contribution in [0.15, 0.2) is 12.2 Å². The van der Waals surface area contributed by atoms with Crippen LogP contribution in [0.5, 0.6) is 0 Å². The Bertz CT molecular complexity index is 209. The first kappa shape index (κ1) is 14.1.